The normalized spacial score (nSPS) is 12.6. The molecule has 0 fully saturated rings. The minimum Gasteiger partial charge on any atom is -0.493 e. The lowest BCUT2D eigenvalue weighted by Gasteiger charge is -2.13. The van der Waals surface area contributed by atoms with Crippen LogP contribution in [0.5, 0.6) is 11.5 Å². The lowest BCUT2D eigenvalue weighted by atomic mass is 10.1. The van der Waals surface area contributed by atoms with Crippen LogP contribution in [-0.4, -0.2) is 51.2 Å². The van der Waals surface area contributed by atoms with Crippen molar-refractivity contribution in [1.29, 1.82) is 0 Å². The van der Waals surface area contributed by atoms with Crippen LogP contribution in [-0.2, 0) is 7.05 Å². The second kappa shape index (κ2) is 6.94. The largest absolute Gasteiger partial charge is 0.493 e. The maximum Gasteiger partial charge on any atom is 0.162 e. The zero-order chi connectivity index (χ0) is 19.0. The molecule has 4 aromatic rings. The predicted octanol–water partition coefficient (Wildman–Crippen LogP) is 2.46. The third kappa shape index (κ3) is 3.11. The van der Waals surface area contributed by atoms with Gasteiger partial charge >= 0.3 is 0 Å². The van der Waals surface area contributed by atoms with Gasteiger partial charge < -0.3 is 29.2 Å². The van der Waals surface area contributed by atoms with Crippen LogP contribution in [0, 0.1) is 0 Å². The number of aryl methyl sites for hydroxylation is 1. The van der Waals surface area contributed by atoms with E-state index in [0.29, 0.717) is 11.5 Å². The number of fused-ring (bicyclic) bond motifs is 2. The maximum absolute atomic E-state index is 9.58. The second-order valence-corrected chi connectivity index (χ2v) is 6.45. The van der Waals surface area contributed by atoms with Gasteiger partial charge in [-0.1, -0.05) is 0 Å². The number of H-pyrrole nitrogens is 1. The fraction of sp³-hybridized carbons (Fsp3) is 0.250. The van der Waals surface area contributed by atoms with E-state index in [-0.39, 0.29) is 13.2 Å². The highest BCUT2D eigenvalue weighted by Crippen LogP contribution is 2.38. The molecule has 0 unspecified atom stereocenters. The van der Waals surface area contributed by atoms with Crippen LogP contribution in [0.1, 0.15) is 0 Å². The molecular weight excluding hydrogens is 346 g/mol. The van der Waals surface area contributed by atoms with E-state index >= 15 is 0 Å². The van der Waals surface area contributed by atoms with Crippen molar-refractivity contribution in [2.24, 2.45) is 7.05 Å². The smallest absolute Gasteiger partial charge is 0.162 e. The van der Waals surface area contributed by atoms with Crippen molar-refractivity contribution >= 4 is 21.9 Å². The van der Waals surface area contributed by atoms with E-state index in [0.717, 1.165) is 33.2 Å². The van der Waals surface area contributed by atoms with Crippen LogP contribution < -0.4 is 9.47 Å². The molecule has 4 rings (SSSR count). The number of aromatic amines is 1. The molecule has 140 valence electrons. The highest BCUT2D eigenvalue weighted by Gasteiger charge is 2.16. The van der Waals surface area contributed by atoms with Crippen LogP contribution in [0.25, 0.3) is 33.2 Å². The molecule has 3 aromatic heterocycles. The van der Waals surface area contributed by atoms with E-state index in [4.69, 9.17) is 14.6 Å². The van der Waals surface area contributed by atoms with Gasteiger partial charge in [-0.05, 0) is 24.3 Å². The molecule has 0 aliphatic rings. The number of aliphatic hydroxyl groups is 2. The summed E-state index contributed by atoms with van der Waals surface area (Å²) < 4.78 is 13.1. The molecule has 1 atom stereocenters. The summed E-state index contributed by atoms with van der Waals surface area (Å²) in [5, 5.41) is 20.6. The number of ether oxygens (including phenoxy) is 2. The van der Waals surface area contributed by atoms with Gasteiger partial charge in [-0.15, -0.1) is 0 Å². The van der Waals surface area contributed by atoms with Gasteiger partial charge in [0, 0.05) is 47.5 Å². The average molecular weight is 367 g/mol. The molecule has 7 heteroatoms. The second-order valence-electron chi connectivity index (χ2n) is 6.45. The molecule has 27 heavy (non-hydrogen) atoms. The first-order valence-electron chi connectivity index (χ1n) is 8.63. The van der Waals surface area contributed by atoms with E-state index in [1.165, 1.54) is 0 Å². The van der Waals surface area contributed by atoms with Crippen molar-refractivity contribution in [2.45, 2.75) is 6.10 Å². The van der Waals surface area contributed by atoms with Gasteiger partial charge in [-0.2, -0.15) is 0 Å². The Bertz CT molecular complexity index is 1070. The third-order valence-electron chi connectivity index (χ3n) is 4.60. The van der Waals surface area contributed by atoms with E-state index in [1.807, 2.05) is 42.1 Å². The van der Waals surface area contributed by atoms with Crippen molar-refractivity contribution in [3.8, 4) is 22.8 Å². The van der Waals surface area contributed by atoms with E-state index in [1.54, 1.807) is 13.3 Å². The van der Waals surface area contributed by atoms with Crippen molar-refractivity contribution < 1.29 is 19.7 Å². The number of rotatable bonds is 6. The number of hydrogen-bond donors (Lipinski definition) is 3. The van der Waals surface area contributed by atoms with Crippen LogP contribution in [0.2, 0.25) is 0 Å². The number of hydrogen-bond acceptors (Lipinski definition) is 5. The van der Waals surface area contributed by atoms with Gasteiger partial charge in [0.05, 0.1) is 19.2 Å². The molecular formula is C20H21N3O4. The quantitative estimate of drug-likeness (QED) is 0.487. The van der Waals surface area contributed by atoms with E-state index < -0.39 is 6.10 Å². The number of aliphatic hydroxyl groups excluding tert-OH is 2. The van der Waals surface area contributed by atoms with Gasteiger partial charge in [0.25, 0.3) is 0 Å². The molecule has 0 aliphatic heterocycles. The first-order valence-corrected chi connectivity index (χ1v) is 8.63. The summed E-state index contributed by atoms with van der Waals surface area (Å²) in [6.07, 6.45) is 2.86. The summed E-state index contributed by atoms with van der Waals surface area (Å²) in [6, 6.07) is 9.79. The highest BCUT2D eigenvalue weighted by atomic mass is 16.5. The zero-order valence-corrected chi connectivity index (χ0v) is 15.1. The molecule has 0 saturated heterocycles. The Balaban J connectivity index is 1.83. The summed E-state index contributed by atoms with van der Waals surface area (Å²) in [6.45, 7) is -0.375. The molecule has 0 saturated carbocycles. The number of benzene rings is 1. The van der Waals surface area contributed by atoms with Crippen molar-refractivity contribution in [1.82, 2.24) is 14.5 Å². The Labute approximate surface area is 155 Å². The first kappa shape index (κ1) is 17.4. The van der Waals surface area contributed by atoms with Crippen molar-refractivity contribution in [3.63, 3.8) is 0 Å². The lowest BCUT2D eigenvalue weighted by Crippen LogP contribution is -2.21. The van der Waals surface area contributed by atoms with Gasteiger partial charge in [-0.3, -0.25) is 0 Å². The Morgan fingerprint density at radius 2 is 2.11 bits per heavy atom. The molecule has 3 heterocycles. The SMILES string of the molecule is COc1cc2c(cc1OC[C@H](O)CO)c(-c1cc3cccnc3[nH]1)cn2C. The lowest BCUT2D eigenvalue weighted by molar-refractivity contribution is 0.0528. The fourth-order valence-electron chi connectivity index (χ4n) is 3.22. The van der Waals surface area contributed by atoms with Crippen LogP contribution >= 0.6 is 0 Å². The van der Waals surface area contributed by atoms with Crippen LogP contribution in [0.4, 0.5) is 0 Å². The summed E-state index contributed by atoms with van der Waals surface area (Å²) >= 11 is 0. The Morgan fingerprint density at radius 1 is 1.26 bits per heavy atom. The van der Waals surface area contributed by atoms with Crippen molar-refractivity contribution in [3.05, 3.63) is 42.7 Å². The summed E-state index contributed by atoms with van der Waals surface area (Å²) in [7, 11) is 3.55. The molecule has 0 amide bonds. The molecule has 7 nitrogen and oxygen atoms in total. The average Bonchev–Trinajstić information content (AvgIpc) is 3.26. The maximum atomic E-state index is 9.58. The number of pyridine rings is 1. The monoisotopic (exact) mass is 367 g/mol. The van der Waals surface area contributed by atoms with Gasteiger partial charge in [0.2, 0.25) is 0 Å². The highest BCUT2D eigenvalue weighted by molar-refractivity contribution is 5.99. The molecule has 3 N–H and O–H groups in total. The third-order valence-corrected chi connectivity index (χ3v) is 4.60. The molecule has 0 radical (unpaired) electrons. The van der Waals surface area contributed by atoms with Gasteiger partial charge in [-0.25, -0.2) is 4.98 Å². The topological polar surface area (TPSA) is 92.5 Å². The Morgan fingerprint density at radius 3 is 2.85 bits per heavy atom. The molecule has 0 bridgehead atoms. The van der Waals surface area contributed by atoms with Crippen LogP contribution in [0.3, 0.4) is 0 Å². The summed E-state index contributed by atoms with van der Waals surface area (Å²) in [5.41, 5.74) is 3.80. The van der Waals surface area contributed by atoms with E-state index in [9.17, 15) is 5.11 Å². The molecule has 0 spiro atoms. The summed E-state index contributed by atoms with van der Waals surface area (Å²) in [5.74, 6) is 1.08. The number of nitrogens with one attached hydrogen (secondary N) is 1. The molecule has 0 aliphatic carbocycles. The minimum absolute atomic E-state index is 0.0170. The van der Waals surface area contributed by atoms with Gasteiger partial charge in [0.15, 0.2) is 11.5 Å². The van der Waals surface area contributed by atoms with Crippen molar-refractivity contribution in [2.75, 3.05) is 20.3 Å². The zero-order valence-electron chi connectivity index (χ0n) is 15.1. The first-order chi connectivity index (χ1) is 13.1. The Kier molecular flexibility index (Phi) is 4.47. The van der Waals surface area contributed by atoms with Gasteiger partial charge in [0.1, 0.15) is 18.4 Å². The standard InChI is InChI=1S/C20H21N3O4/c1-23-9-15(16-6-12-4-3-5-21-20(12)22-16)14-7-19(27-11-13(25)10-24)18(26-2)8-17(14)23/h3-9,13,24-25H,10-11H2,1-2H3,(H,21,22)/t13-/m1/s1. The fourth-order valence-corrected chi connectivity index (χ4v) is 3.22. The van der Waals surface area contributed by atoms with Crippen LogP contribution in [0.15, 0.2) is 42.7 Å². The van der Waals surface area contributed by atoms with E-state index in [2.05, 4.69) is 16.0 Å². The summed E-state index contributed by atoms with van der Waals surface area (Å²) in [4.78, 5) is 7.71. The minimum atomic E-state index is -0.944. The molecule has 1 aromatic carbocycles. The number of nitrogens with zero attached hydrogens (tertiary/aromatic N) is 2. The predicted molar refractivity (Wildman–Crippen MR) is 103 cm³/mol. The number of methoxy groups -OCH3 is 1. The Hall–Kier alpha value is -3.03. The number of aromatic nitrogens is 3.